The normalized spacial score (nSPS) is 16.6. The van der Waals surface area contributed by atoms with Gasteiger partial charge < -0.3 is 21.1 Å². The number of nitrogens with one attached hydrogen (secondary N) is 3. The molecule has 5 N–H and O–H groups in total. The number of rotatable bonds is 6. The van der Waals surface area contributed by atoms with Crippen molar-refractivity contribution in [1.29, 1.82) is 0 Å². The highest BCUT2D eigenvalue weighted by atomic mass is 32.1. The van der Waals surface area contributed by atoms with Gasteiger partial charge in [0.25, 0.3) is 5.91 Å². The van der Waals surface area contributed by atoms with Crippen molar-refractivity contribution in [2.45, 2.75) is 12.8 Å². The summed E-state index contributed by atoms with van der Waals surface area (Å²) < 4.78 is 5.18. The third-order valence-corrected chi connectivity index (χ3v) is 5.64. The molecule has 8 heteroatoms. The Morgan fingerprint density at radius 2 is 2.11 bits per heavy atom. The molecule has 0 radical (unpaired) electrons. The minimum atomic E-state index is -0.691. The molecule has 0 spiro atoms. The van der Waals surface area contributed by atoms with E-state index in [9.17, 15) is 9.59 Å². The van der Waals surface area contributed by atoms with E-state index in [1.54, 1.807) is 13.2 Å². The van der Waals surface area contributed by atoms with Crippen molar-refractivity contribution in [3.05, 3.63) is 35.9 Å². The van der Waals surface area contributed by atoms with Crippen LogP contribution in [0.25, 0.3) is 10.4 Å². The minimum absolute atomic E-state index is 0.208. The fraction of sp³-hybridized carbons (Fsp3) is 0.368. The van der Waals surface area contributed by atoms with Crippen molar-refractivity contribution in [2.24, 2.45) is 11.7 Å². The lowest BCUT2D eigenvalue weighted by Gasteiger charge is -2.22. The average Bonchev–Trinajstić information content (AvgIpc) is 3.10. The van der Waals surface area contributed by atoms with E-state index in [0.29, 0.717) is 23.0 Å². The second-order valence-corrected chi connectivity index (χ2v) is 7.55. The molecule has 2 heterocycles. The molecule has 1 aromatic carbocycles. The van der Waals surface area contributed by atoms with Gasteiger partial charge >= 0.3 is 6.03 Å². The molecule has 7 nitrogen and oxygen atoms in total. The van der Waals surface area contributed by atoms with Crippen molar-refractivity contribution in [3.8, 4) is 16.2 Å². The van der Waals surface area contributed by atoms with Gasteiger partial charge in [-0.3, -0.25) is 10.1 Å². The Kier molecular flexibility index (Phi) is 6.31. The Balaban J connectivity index is 1.77. The Bertz CT molecular complexity index is 798. The molecule has 3 amide bonds. The van der Waals surface area contributed by atoms with Crippen LogP contribution in [0.4, 0.5) is 9.80 Å². The summed E-state index contributed by atoms with van der Waals surface area (Å²) in [6, 6.07) is 8.62. The van der Waals surface area contributed by atoms with Crippen LogP contribution in [0.2, 0.25) is 0 Å². The smallest absolute Gasteiger partial charge is 0.317 e. The third kappa shape index (κ3) is 4.99. The summed E-state index contributed by atoms with van der Waals surface area (Å²) >= 11 is 1.32. The zero-order valence-corrected chi connectivity index (χ0v) is 16.0. The Morgan fingerprint density at radius 1 is 1.33 bits per heavy atom. The number of hydrogen-bond donors (Lipinski definition) is 4. The summed E-state index contributed by atoms with van der Waals surface area (Å²) in [4.78, 5) is 24.9. The highest BCUT2D eigenvalue weighted by Gasteiger charge is 2.20. The second-order valence-electron chi connectivity index (χ2n) is 6.49. The van der Waals surface area contributed by atoms with Gasteiger partial charge in [-0.05, 0) is 67.7 Å². The van der Waals surface area contributed by atoms with E-state index in [1.807, 2.05) is 24.3 Å². The van der Waals surface area contributed by atoms with Gasteiger partial charge in [-0.15, -0.1) is 11.3 Å². The summed E-state index contributed by atoms with van der Waals surface area (Å²) in [6.45, 7) is 2.55. The molecule has 2 aromatic rings. The van der Waals surface area contributed by atoms with Crippen LogP contribution in [0.15, 0.2) is 30.3 Å². The Hall–Kier alpha value is -2.58. The minimum Gasteiger partial charge on any atom is -0.497 e. The first kappa shape index (κ1) is 19.2. The van der Waals surface area contributed by atoms with Gasteiger partial charge in [0.2, 0.25) is 0 Å². The summed E-state index contributed by atoms with van der Waals surface area (Å²) in [5.41, 5.74) is 6.63. The van der Waals surface area contributed by atoms with E-state index in [1.165, 1.54) is 11.3 Å². The average molecular weight is 388 g/mol. The number of methoxy groups -OCH3 is 1. The highest BCUT2D eigenvalue weighted by molar-refractivity contribution is 7.20. The largest absolute Gasteiger partial charge is 0.497 e. The lowest BCUT2D eigenvalue weighted by atomic mass is 10.00. The number of hydrogen-bond acceptors (Lipinski definition) is 5. The fourth-order valence-corrected chi connectivity index (χ4v) is 4.16. The second kappa shape index (κ2) is 8.88. The molecule has 1 aliphatic heterocycles. The summed E-state index contributed by atoms with van der Waals surface area (Å²) in [5.74, 6) is 0.972. The highest BCUT2D eigenvalue weighted by Crippen LogP contribution is 2.36. The molecule has 27 heavy (non-hydrogen) atoms. The molecule has 1 fully saturated rings. The topological polar surface area (TPSA) is 105 Å². The summed E-state index contributed by atoms with van der Waals surface area (Å²) in [6.07, 6.45) is 2.22. The van der Waals surface area contributed by atoms with Gasteiger partial charge in [0, 0.05) is 11.4 Å². The Morgan fingerprint density at radius 3 is 2.74 bits per heavy atom. The molecule has 0 aliphatic carbocycles. The molecule has 144 valence electrons. The van der Waals surface area contributed by atoms with E-state index >= 15 is 0 Å². The molecular weight excluding hydrogens is 364 g/mol. The lowest BCUT2D eigenvalue weighted by molar-refractivity contribution is 0.0946. The number of carbonyl (C=O) groups excluding carboxylic acids is 2. The molecule has 1 atom stereocenters. The van der Waals surface area contributed by atoms with E-state index in [4.69, 9.17) is 10.5 Å². The predicted octanol–water partition coefficient (Wildman–Crippen LogP) is 2.64. The van der Waals surface area contributed by atoms with Crippen LogP contribution in [-0.2, 0) is 0 Å². The number of urea groups is 1. The standard InChI is InChI=1S/C19H24N4O3S/c1-26-14-6-4-13(5-7-14)16-9-15(18(27-16)23-19(20)25)17(24)22-11-12-3-2-8-21-10-12/h4-7,9,12,21H,2-3,8,10-11H2,1H3,(H,22,24)(H3,20,23,25)/t12-/m1/s1. The van der Waals surface area contributed by atoms with E-state index < -0.39 is 6.03 Å². The molecule has 0 saturated carbocycles. The van der Waals surface area contributed by atoms with Gasteiger partial charge in [-0.2, -0.15) is 0 Å². The molecule has 0 unspecified atom stereocenters. The summed E-state index contributed by atoms with van der Waals surface area (Å²) in [7, 11) is 1.61. The number of piperidine rings is 1. The van der Waals surface area contributed by atoms with Gasteiger partial charge in [-0.1, -0.05) is 0 Å². The monoisotopic (exact) mass is 388 g/mol. The number of anilines is 1. The first-order valence-electron chi connectivity index (χ1n) is 8.90. The van der Waals surface area contributed by atoms with Crippen molar-refractivity contribution in [3.63, 3.8) is 0 Å². The first-order chi connectivity index (χ1) is 13.1. The van der Waals surface area contributed by atoms with Crippen molar-refractivity contribution < 1.29 is 14.3 Å². The maximum absolute atomic E-state index is 12.7. The van der Waals surface area contributed by atoms with Gasteiger partial charge in [0.1, 0.15) is 10.8 Å². The number of carbonyl (C=O) groups is 2. The SMILES string of the molecule is COc1ccc(-c2cc(C(=O)NC[C@@H]3CCCNC3)c(NC(N)=O)s2)cc1. The van der Waals surface area contributed by atoms with E-state index in [0.717, 1.165) is 42.1 Å². The number of benzene rings is 1. The fourth-order valence-electron chi connectivity index (χ4n) is 3.09. The van der Waals surface area contributed by atoms with Crippen LogP contribution in [0, 0.1) is 5.92 Å². The maximum atomic E-state index is 12.7. The van der Waals surface area contributed by atoms with Gasteiger partial charge in [-0.25, -0.2) is 4.79 Å². The van der Waals surface area contributed by atoms with Gasteiger partial charge in [0.05, 0.1) is 12.7 Å². The molecule has 1 aromatic heterocycles. The van der Waals surface area contributed by atoms with Crippen LogP contribution in [0.1, 0.15) is 23.2 Å². The van der Waals surface area contributed by atoms with Crippen molar-refractivity contribution in [1.82, 2.24) is 10.6 Å². The van der Waals surface area contributed by atoms with Crippen molar-refractivity contribution >= 4 is 28.3 Å². The first-order valence-corrected chi connectivity index (χ1v) is 9.72. The summed E-state index contributed by atoms with van der Waals surface area (Å²) in [5, 5.41) is 9.33. The molecule has 0 bridgehead atoms. The quantitative estimate of drug-likeness (QED) is 0.610. The number of primary amides is 1. The molecule has 1 saturated heterocycles. The zero-order chi connectivity index (χ0) is 19.2. The number of thiophene rings is 1. The van der Waals surface area contributed by atoms with Crippen LogP contribution in [-0.4, -0.2) is 38.7 Å². The molecule has 1 aliphatic rings. The van der Waals surface area contributed by atoms with E-state index in [2.05, 4.69) is 16.0 Å². The number of amides is 3. The van der Waals surface area contributed by atoms with Crippen LogP contribution in [0.3, 0.4) is 0 Å². The van der Waals surface area contributed by atoms with Crippen LogP contribution < -0.4 is 26.4 Å². The Labute approximate surface area is 162 Å². The van der Waals surface area contributed by atoms with Crippen LogP contribution >= 0.6 is 11.3 Å². The van der Waals surface area contributed by atoms with Gasteiger partial charge in [0.15, 0.2) is 0 Å². The predicted molar refractivity (Wildman–Crippen MR) is 107 cm³/mol. The number of ether oxygens (including phenoxy) is 1. The zero-order valence-electron chi connectivity index (χ0n) is 15.2. The molecule has 3 rings (SSSR count). The molecular formula is C19H24N4O3S. The van der Waals surface area contributed by atoms with Crippen LogP contribution in [0.5, 0.6) is 5.75 Å². The van der Waals surface area contributed by atoms with Crippen molar-refractivity contribution in [2.75, 3.05) is 32.1 Å². The lowest BCUT2D eigenvalue weighted by Crippen LogP contribution is -2.38. The maximum Gasteiger partial charge on any atom is 0.317 e. The number of nitrogens with two attached hydrogens (primary N) is 1. The van der Waals surface area contributed by atoms with E-state index in [-0.39, 0.29) is 5.91 Å². The third-order valence-electron chi connectivity index (χ3n) is 4.54.